The number of Topliss-reactive ketones (excluding diaryl/α,β-unsaturated/α-hetero) is 1. The van der Waals surface area contributed by atoms with E-state index in [1.54, 1.807) is 6.08 Å². The quantitative estimate of drug-likeness (QED) is 0.582. The molecule has 0 aromatic heterocycles. The van der Waals surface area contributed by atoms with Crippen molar-refractivity contribution >= 4 is 25.5 Å². The van der Waals surface area contributed by atoms with Gasteiger partial charge in [0, 0.05) is 17.1 Å². The smallest absolute Gasteiger partial charge is 0.264 e. The summed E-state index contributed by atoms with van der Waals surface area (Å²) in [5.74, 6) is -0.456. The number of hydrogen-bond acceptors (Lipinski definition) is 3. The van der Waals surface area contributed by atoms with Crippen LogP contribution in [0.2, 0.25) is 0 Å². The van der Waals surface area contributed by atoms with Gasteiger partial charge in [-0.15, -0.1) is 0 Å². The Kier molecular flexibility index (Phi) is 2.15. The van der Waals surface area contributed by atoms with Crippen LogP contribution in [-0.4, -0.2) is 14.2 Å². The van der Waals surface area contributed by atoms with Crippen LogP contribution in [-0.2, 0) is 13.8 Å². The standard InChI is InChI=1S/C6H5ClO3S/c7-11(9,10)6-4-2-1-3-5(6)8/h1-2,4H,3H2. The van der Waals surface area contributed by atoms with Crippen LogP contribution in [0.4, 0.5) is 0 Å². The van der Waals surface area contributed by atoms with Gasteiger partial charge in [-0.1, -0.05) is 12.2 Å². The molecular formula is C6H5ClO3S. The lowest BCUT2D eigenvalue weighted by molar-refractivity contribution is -0.114. The van der Waals surface area contributed by atoms with E-state index in [1.807, 2.05) is 0 Å². The van der Waals surface area contributed by atoms with E-state index in [2.05, 4.69) is 0 Å². The predicted octanol–water partition coefficient (Wildman–Crippen LogP) is 0.968. The minimum absolute atomic E-state index is 0.109. The van der Waals surface area contributed by atoms with Crippen molar-refractivity contribution < 1.29 is 13.2 Å². The third kappa shape index (κ3) is 1.91. The minimum Gasteiger partial charge on any atom is -0.293 e. The van der Waals surface area contributed by atoms with Crippen LogP contribution in [0.3, 0.4) is 0 Å². The van der Waals surface area contributed by atoms with Gasteiger partial charge in [0.25, 0.3) is 9.05 Å². The third-order valence-electron chi connectivity index (χ3n) is 1.22. The van der Waals surface area contributed by atoms with Gasteiger partial charge in [-0.3, -0.25) is 4.79 Å². The van der Waals surface area contributed by atoms with Crippen LogP contribution < -0.4 is 0 Å². The summed E-state index contributed by atoms with van der Waals surface area (Å²) in [6, 6.07) is 0. The lowest BCUT2D eigenvalue weighted by Crippen LogP contribution is -2.09. The fourth-order valence-electron chi connectivity index (χ4n) is 0.741. The van der Waals surface area contributed by atoms with Gasteiger partial charge in [0.15, 0.2) is 5.78 Å². The highest BCUT2D eigenvalue weighted by atomic mass is 35.7. The van der Waals surface area contributed by atoms with Crippen molar-refractivity contribution in [2.24, 2.45) is 0 Å². The molecule has 0 fully saturated rings. The van der Waals surface area contributed by atoms with Gasteiger partial charge in [-0.05, 0) is 6.08 Å². The van der Waals surface area contributed by atoms with Crippen molar-refractivity contribution in [3.63, 3.8) is 0 Å². The van der Waals surface area contributed by atoms with Crippen LogP contribution in [0.15, 0.2) is 23.1 Å². The van der Waals surface area contributed by atoms with E-state index in [0.29, 0.717) is 0 Å². The SMILES string of the molecule is O=C1CC=CC=C1S(=O)(=O)Cl. The average molecular weight is 193 g/mol. The van der Waals surface area contributed by atoms with Gasteiger partial charge >= 0.3 is 0 Å². The molecule has 5 heteroatoms. The predicted molar refractivity (Wildman–Crippen MR) is 41.6 cm³/mol. The highest BCUT2D eigenvalue weighted by molar-refractivity contribution is 8.17. The molecule has 0 spiro atoms. The van der Waals surface area contributed by atoms with Crippen LogP contribution in [0.5, 0.6) is 0 Å². The highest BCUT2D eigenvalue weighted by Crippen LogP contribution is 2.17. The number of carbonyl (C=O) groups is 1. The molecule has 0 aliphatic heterocycles. The molecule has 0 N–H and O–H groups in total. The largest absolute Gasteiger partial charge is 0.293 e. The molecule has 1 rings (SSSR count). The van der Waals surface area contributed by atoms with Gasteiger partial charge in [0.1, 0.15) is 4.91 Å². The monoisotopic (exact) mass is 192 g/mol. The van der Waals surface area contributed by atoms with Gasteiger partial charge in [-0.25, -0.2) is 8.42 Å². The van der Waals surface area contributed by atoms with E-state index < -0.39 is 14.8 Å². The van der Waals surface area contributed by atoms with E-state index in [-0.39, 0.29) is 11.3 Å². The number of carbonyl (C=O) groups excluding carboxylic acids is 1. The molecule has 1 aliphatic carbocycles. The highest BCUT2D eigenvalue weighted by Gasteiger charge is 2.22. The molecule has 60 valence electrons. The van der Waals surface area contributed by atoms with Gasteiger partial charge in [0.05, 0.1) is 0 Å². The molecule has 0 aromatic rings. The summed E-state index contributed by atoms with van der Waals surface area (Å²) in [7, 11) is 1.11. The zero-order chi connectivity index (χ0) is 8.48. The lowest BCUT2D eigenvalue weighted by Gasteiger charge is -2.02. The Labute approximate surface area is 68.8 Å². The summed E-state index contributed by atoms with van der Waals surface area (Å²) in [6.45, 7) is 0. The van der Waals surface area contributed by atoms with Crippen LogP contribution in [0.25, 0.3) is 0 Å². The second-order valence-corrected chi connectivity index (χ2v) is 4.56. The van der Waals surface area contributed by atoms with E-state index >= 15 is 0 Å². The Morgan fingerprint density at radius 2 is 2.09 bits per heavy atom. The van der Waals surface area contributed by atoms with E-state index in [4.69, 9.17) is 10.7 Å². The Balaban J connectivity index is 3.14. The number of rotatable bonds is 1. The summed E-state index contributed by atoms with van der Waals surface area (Å²) < 4.78 is 21.3. The zero-order valence-corrected chi connectivity index (χ0v) is 7.02. The van der Waals surface area contributed by atoms with Gasteiger partial charge in [0.2, 0.25) is 0 Å². The molecule has 0 saturated heterocycles. The van der Waals surface area contributed by atoms with E-state index in [0.717, 1.165) is 0 Å². The maximum absolute atomic E-state index is 10.9. The Bertz CT molecular complexity index is 337. The molecule has 0 bridgehead atoms. The summed E-state index contributed by atoms with van der Waals surface area (Å²) in [6.07, 6.45) is 4.39. The van der Waals surface area contributed by atoms with E-state index in [1.165, 1.54) is 12.2 Å². The molecule has 11 heavy (non-hydrogen) atoms. The summed E-state index contributed by atoms with van der Waals surface area (Å²) in [5.41, 5.74) is 0. The average Bonchev–Trinajstić information content (AvgIpc) is 1.86. The van der Waals surface area contributed by atoms with Crippen molar-refractivity contribution in [1.29, 1.82) is 0 Å². The first-order valence-electron chi connectivity index (χ1n) is 2.86. The maximum Gasteiger partial charge on any atom is 0.264 e. The van der Waals surface area contributed by atoms with Crippen molar-refractivity contribution in [3.05, 3.63) is 23.1 Å². The zero-order valence-electron chi connectivity index (χ0n) is 5.45. The van der Waals surface area contributed by atoms with Crippen LogP contribution in [0.1, 0.15) is 6.42 Å². The van der Waals surface area contributed by atoms with Crippen molar-refractivity contribution in [2.75, 3.05) is 0 Å². The summed E-state index contributed by atoms with van der Waals surface area (Å²) >= 11 is 0. The molecule has 0 amide bonds. The van der Waals surface area contributed by atoms with Crippen LogP contribution >= 0.6 is 10.7 Å². The number of hydrogen-bond donors (Lipinski definition) is 0. The molecule has 3 nitrogen and oxygen atoms in total. The molecule has 1 aliphatic rings. The molecule has 0 aromatic carbocycles. The molecule has 0 radical (unpaired) electrons. The molecule has 0 saturated carbocycles. The van der Waals surface area contributed by atoms with Crippen molar-refractivity contribution in [3.8, 4) is 0 Å². The fraction of sp³-hybridized carbons (Fsp3) is 0.167. The summed E-state index contributed by atoms with van der Waals surface area (Å²) in [4.78, 5) is 10.5. The normalized spacial score (nSPS) is 18.3. The number of ketones is 1. The van der Waals surface area contributed by atoms with Crippen molar-refractivity contribution in [1.82, 2.24) is 0 Å². The first-order valence-corrected chi connectivity index (χ1v) is 5.17. The lowest BCUT2D eigenvalue weighted by atomic mass is 10.2. The second kappa shape index (κ2) is 2.79. The molecule has 0 heterocycles. The Morgan fingerprint density at radius 3 is 2.45 bits per heavy atom. The second-order valence-electron chi connectivity index (χ2n) is 2.02. The van der Waals surface area contributed by atoms with E-state index in [9.17, 15) is 13.2 Å². The first-order chi connectivity index (χ1) is 5.02. The summed E-state index contributed by atoms with van der Waals surface area (Å²) in [5, 5.41) is 0. The van der Waals surface area contributed by atoms with Gasteiger partial charge in [-0.2, -0.15) is 0 Å². The molecule has 0 atom stereocenters. The molecule has 0 unspecified atom stereocenters. The van der Waals surface area contributed by atoms with Gasteiger partial charge < -0.3 is 0 Å². The van der Waals surface area contributed by atoms with Crippen molar-refractivity contribution in [2.45, 2.75) is 6.42 Å². The molecular weight excluding hydrogens is 188 g/mol. The van der Waals surface area contributed by atoms with Crippen LogP contribution in [0, 0.1) is 0 Å². The Morgan fingerprint density at radius 1 is 1.45 bits per heavy atom. The first kappa shape index (κ1) is 8.49. The maximum atomic E-state index is 10.9. The third-order valence-corrected chi connectivity index (χ3v) is 2.61. The topological polar surface area (TPSA) is 51.2 Å². The minimum atomic E-state index is -3.84. The number of allylic oxidation sites excluding steroid dienone is 4. The fourth-order valence-corrected chi connectivity index (χ4v) is 1.75. The Hall–Kier alpha value is -0.610. The number of halogens is 1.